The van der Waals surface area contributed by atoms with E-state index in [1.807, 2.05) is 36.1 Å². The topological polar surface area (TPSA) is 92.5 Å². The van der Waals surface area contributed by atoms with Crippen LogP contribution in [0, 0.1) is 0 Å². The van der Waals surface area contributed by atoms with Gasteiger partial charge in [0.25, 0.3) is 5.91 Å². The minimum Gasteiger partial charge on any atom is -0.504 e. The molecule has 3 aromatic carbocycles. The number of benzene rings is 3. The van der Waals surface area contributed by atoms with Crippen LogP contribution in [0.15, 0.2) is 54.6 Å². The summed E-state index contributed by atoms with van der Waals surface area (Å²) < 4.78 is 18.7. The molecular formula is C37H45Cl2N5O5. The van der Waals surface area contributed by atoms with Gasteiger partial charge >= 0.3 is 0 Å². The average Bonchev–Trinajstić information content (AvgIpc) is 3.63. The summed E-state index contributed by atoms with van der Waals surface area (Å²) >= 11 is 12.9. The molecule has 2 saturated heterocycles. The Morgan fingerprint density at radius 2 is 1.80 bits per heavy atom. The Labute approximate surface area is 298 Å². The molecule has 6 rings (SSSR count). The number of phenols is 1. The molecule has 3 heterocycles. The zero-order valence-corrected chi connectivity index (χ0v) is 30.0. The number of imidazole rings is 1. The van der Waals surface area contributed by atoms with Crippen molar-refractivity contribution in [3.05, 3.63) is 75.8 Å². The summed E-state index contributed by atoms with van der Waals surface area (Å²) in [7, 11) is 2.94. The number of fused-ring (bicyclic) bond motifs is 1. The molecule has 0 spiro atoms. The van der Waals surface area contributed by atoms with Gasteiger partial charge in [-0.05, 0) is 81.2 Å². The van der Waals surface area contributed by atoms with Gasteiger partial charge in [-0.2, -0.15) is 0 Å². The quantitative estimate of drug-likeness (QED) is 0.167. The number of hydrogen-bond acceptors (Lipinski definition) is 8. The molecule has 0 bridgehead atoms. The first-order chi connectivity index (χ1) is 23.8. The molecule has 0 saturated carbocycles. The van der Waals surface area contributed by atoms with Crippen molar-refractivity contribution in [3.8, 4) is 17.2 Å². The van der Waals surface area contributed by atoms with E-state index < -0.39 is 0 Å². The number of anilines is 1. The van der Waals surface area contributed by atoms with Gasteiger partial charge in [-0.3, -0.25) is 4.79 Å². The molecule has 1 atom stereocenters. The molecule has 1 unspecified atom stereocenters. The second kappa shape index (κ2) is 15.5. The Balaban J connectivity index is 1.19. The maximum atomic E-state index is 13.8. The molecule has 1 N–H and O–H groups in total. The van der Waals surface area contributed by atoms with Crippen molar-refractivity contribution < 1.29 is 24.1 Å². The van der Waals surface area contributed by atoms with Crippen LogP contribution in [0.3, 0.4) is 0 Å². The standard InChI is InChI=1S/C37H45Cl2N5O5/c1-4-49-21-20-44-31-9-6-5-8-30(31)40-36(44)42-15-7-14-41(18-19-42)16-12-37(27-10-11-28(38)29(39)24-27)13-17-43(25-37)35(46)26-22-32(45)34(48-3)33(23-26)47-2/h5-6,8-11,22-24,45H,4,7,12-21,25H2,1-3H3. The minimum atomic E-state index is -0.318. The molecule has 2 fully saturated rings. The van der Waals surface area contributed by atoms with Gasteiger partial charge in [-0.25, -0.2) is 4.98 Å². The number of carbonyl (C=O) groups is 1. The number of aromatic hydroxyl groups is 1. The highest BCUT2D eigenvalue weighted by Gasteiger charge is 2.42. The number of nitrogens with zero attached hydrogens (tertiary/aromatic N) is 5. The predicted molar refractivity (Wildman–Crippen MR) is 194 cm³/mol. The lowest BCUT2D eigenvalue weighted by Gasteiger charge is -2.33. The normalized spacial score (nSPS) is 18.6. The van der Waals surface area contributed by atoms with Crippen molar-refractivity contribution in [3.63, 3.8) is 0 Å². The van der Waals surface area contributed by atoms with Gasteiger partial charge in [-0.15, -0.1) is 0 Å². The van der Waals surface area contributed by atoms with Crippen LogP contribution in [0.5, 0.6) is 17.2 Å². The second-order valence-electron chi connectivity index (χ2n) is 12.8. The van der Waals surface area contributed by atoms with E-state index in [0.717, 1.165) is 81.1 Å². The van der Waals surface area contributed by atoms with Crippen LogP contribution in [0.4, 0.5) is 5.95 Å². The van der Waals surface area contributed by atoms with Crippen LogP contribution in [0.25, 0.3) is 11.0 Å². The van der Waals surface area contributed by atoms with Crippen molar-refractivity contribution in [2.75, 3.05) is 78.1 Å². The maximum Gasteiger partial charge on any atom is 0.254 e. The summed E-state index contributed by atoms with van der Waals surface area (Å²) in [4.78, 5) is 25.7. The fourth-order valence-corrected chi connectivity index (χ4v) is 7.60. The third kappa shape index (κ3) is 7.43. The summed E-state index contributed by atoms with van der Waals surface area (Å²) in [5, 5.41) is 11.6. The van der Waals surface area contributed by atoms with Crippen LogP contribution in [0.2, 0.25) is 10.0 Å². The van der Waals surface area contributed by atoms with Gasteiger partial charge in [0.1, 0.15) is 0 Å². The number of methoxy groups -OCH3 is 2. The van der Waals surface area contributed by atoms with Gasteiger partial charge in [0.2, 0.25) is 11.7 Å². The third-order valence-electron chi connectivity index (χ3n) is 9.95. The number of halogens is 2. The van der Waals surface area contributed by atoms with E-state index in [1.165, 1.54) is 20.3 Å². The number of ether oxygens (including phenoxy) is 3. The smallest absolute Gasteiger partial charge is 0.254 e. The number of amides is 1. The highest BCUT2D eigenvalue weighted by Crippen LogP contribution is 2.42. The number of carbonyl (C=O) groups excluding carboxylic acids is 1. The average molecular weight is 711 g/mol. The van der Waals surface area contributed by atoms with Gasteiger partial charge in [-0.1, -0.05) is 41.4 Å². The molecule has 0 radical (unpaired) electrons. The SMILES string of the molecule is CCOCCn1c(N2CCCN(CCC3(c4ccc(Cl)c(Cl)c4)CCN(C(=O)c4cc(O)c(OC)c(OC)c4)C3)CC2)nc2ccccc21. The van der Waals surface area contributed by atoms with E-state index in [2.05, 4.69) is 32.6 Å². The molecule has 0 aliphatic carbocycles. The number of hydrogen-bond donors (Lipinski definition) is 1. The Morgan fingerprint density at radius 1 is 0.959 bits per heavy atom. The highest BCUT2D eigenvalue weighted by molar-refractivity contribution is 6.42. The molecule has 10 nitrogen and oxygen atoms in total. The Kier molecular flexibility index (Phi) is 11.1. The number of likely N-dealkylation sites (tertiary alicyclic amines) is 1. The fraction of sp³-hybridized carbons (Fsp3) is 0.459. The lowest BCUT2D eigenvalue weighted by Crippen LogP contribution is -2.39. The van der Waals surface area contributed by atoms with E-state index in [4.69, 9.17) is 42.4 Å². The van der Waals surface area contributed by atoms with E-state index >= 15 is 0 Å². The van der Waals surface area contributed by atoms with Gasteiger partial charge in [0.05, 0.1) is 41.9 Å². The molecule has 2 aliphatic rings. The first-order valence-electron chi connectivity index (χ1n) is 17.0. The van der Waals surface area contributed by atoms with Crippen LogP contribution >= 0.6 is 23.2 Å². The number of para-hydroxylation sites is 2. The fourth-order valence-electron chi connectivity index (χ4n) is 7.30. The Hall–Kier alpha value is -3.70. The van der Waals surface area contributed by atoms with Crippen molar-refractivity contribution >= 4 is 46.1 Å². The summed E-state index contributed by atoms with van der Waals surface area (Å²) in [6.07, 6.45) is 2.64. The summed E-state index contributed by atoms with van der Waals surface area (Å²) in [6.45, 7) is 9.74. The lowest BCUT2D eigenvalue weighted by molar-refractivity contribution is 0.0780. The summed E-state index contributed by atoms with van der Waals surface area (Å²) in [5.41, 5.74) is 3.24. The van der Waals surface area contributed by atoms with Crippen LogP contribution in [-0.2, 0) is 16.7 Å². The molecule has 49 heavy (non-hydrogen) atoms. The van der Waals surface area contributed by atoms with E-state index in [9.17, 15) is 9.90 Å². The number of rotatable bonds is 12. The van der Waals surface area contributed by atoms with E-state index in [-0.39, 0.29) is 22.8 Å². The molecule has 1 amide bonds. The van der Waals surface area contributed by atoms with Crippen LogP contribution in [0.1, 0.15) is 42.1 Å². The van der Waals surface area contributed by atoms with Crippen molar-refractivity contribution in [2.45, 2.75) is 38.1 Å². The third-order valence-corrected chi connectivity index (χ3v) is 10.7. The van der Waals surface area contributed by atoms with Crippen molar-refractivity contribution in [1.82, 2.24) is 19.4 Å². The first kappa shape index (κ1) is 35.1. The molecule has 262 valence electrons. The van der Waals surface area contributed by atoms with Crippen molar-refractivity contribution in [1.29, 1.82) is 0 Å². The Bertz CT molecular complexity index is 1780. The largest absolute Gasteiger partial charge is 0.504 e. The lowest BCUT2D eigenvalue weighted by atomic mass is 9.76. The second-order valence-corrected chi connectivity index (χ2v) is 13.6. The summed E-state index contributed by atoms with van der Waals surface area (Å²) in [6, 6.07) is 17.2. The van der Waals surface area contributed by atoms with E-state index in [1.54, 1.807) is 6.07 Å². The number of aromatic nitrogens is 2. The summed E-state index contributed by atoms with van der Waals surface area (Å²) in [5.74, 6) is 1.20. The predicted octanol–water partition coefficient (Wildman–Crippen LogP) is 6.49. The zero-order chi connectivity index (χ0) is 34.5. The van der Waals surface area contributed by atoms with E-state index in [0.29, 0.717) is 47.7 Å². The Morgan fingerprint density at radius 3 is 2.57 bits per heavy atom. The monoisotopic (exact) mass is 709 g/mol. The molecule has 4 aromatic rings. The van der Waals surface area contributed by atoms with Gasteiger partial charge in [0, 0.05) is 56.9 Å². The van der Waals surface area contributed by atoms with Crippen molar-refractivity contribution in [2.24, 2.45) is 0 Å². The maximum absolute atomic E-state index is 13.8. The van der Waals surface area contributed by atoms with Gasteiger partial charge < -0.3 is 38.6 Å². The molecule has 2 aliphatic heterocycles. The molecule has 1 aromatic heterocycles. The van der Waals surface area contributed by atoms with Crippen LogP contribution < -0.4 is 14.4 Å². The molecule has 12 heteroatoms. The van der Waals surface area contributed by atoms with Gasteiger partial charge in [0.15, 0.2) is 11.5 Å². The minimum absolute atomic E-state index is 0.139. The first-order valence-corrected chi connectivity index (χ1v) is 17.7. The van der Waals surface area contributed by atoms with Crippen LogP contribution in [-0.4, -0.2) is 104 Å². The molecular weight excluding hydrogens is 665 g/mol. The highest BCUT2D eigenvalue weighted by atomic mass is 35.5. The zero-order valence-electron chi connectivity index (χ0n) is 28.5. The number of phenolic OH excluding ortho intramolecular Hbond substituents is 1.